The lowest BCUT2D eigenvalue weighted by Crippen LogP contribution is -2.23. The van der Waals surface area contributed by atoms with Gasteiger partial charge in [-0.25, -0.2) is 4.98 Å². The number of furan rings is 1. The fraction of sp³-hybridized carbons (Fsp3) is 0.353. The maximum Gasteiger partial charge on any atom is 0.283 e. The van der Waals surface area contributed by atoms with Crippen molar-refractivity contribution in [2.24, 2.45) is 5.92 Å². The van der Waals surface area contributed by atoms with Gasteiger partial charge in [0.05, 0.1) is 12.8 Å². The topological polar surface area (TPSA) is 80.2 Å². The Hall–Kier alpha value is -2.67. The summed E-state index contributed by atoms with van der Waals surface area (Å²) in [5.41, 5.74) is 0. The molecular formula is C17H19N5O2. The van der Waals surface area contributed by atoms with Gasteiger partial charge in [0.25, 0.3) is 5.89 Å². The highest BCUT2D eigenvalue weighted by molar-refractivity contribution is 5.42. The van der Waals surface area contributed by atoms with Crippen LogP contribution in [0, 0.1) is 5.92 Å². The first-order chi connectivity index (χ1) is 11.9. The number of rotatable bonds is 6. The number of hydrogen-bond acceptors (Lipinski definition) is 7. The van der Waals surface area contributed by atoms with Crippen LogP contribution in [0.3, 0.4) is 0 Å². The first-order valence-corrected chi connectivity index (χ1v) is 8.10. The van der Waals surface area contributed by atoms with E-state index in [2.05, 4.69) is 25.4 Å². The summed E-state index contributed by atoms with van der Waals surface area (Å²) in [4.78, 5) is 6.62. The van der Waals surface area contributed by atoms with Gasteiger partial charge in [-0.05, 0) is 43.1 Å². The second-order valence-corrected chi connectivity index (χ2v) is 5.96. The van der Waals surface area contributed by atoms with Crippen LogP contribution in [0.5, 0.6) is 0 Å². The molecule has 0 amide bonds. The highest BCUT2D eigenvalue weighted by Gasteiger charge is 2.24. The average molecular weight is 325 g/mol. The summed E-state index contributed by atoms with van der Waals surface area (Å²) >= 11 is 0. The molecule has 3 aromatic rings. The molecule has 4 rings (SSSR count). The van der Waals surface area contributed by atoms with Crippen LogP contribution in [-0.4, -0.2) is 39.7 Å². The van der Waals surface area contributed by atoms with Crippen LogP contribution in [0.4, 0.5) is 5.82 Å². The summed E-state index contributed by atoms with van der Waals surface area (Å²) in [6.45, 7) is 3.65. The third kappa shape index (κ3) is 3.46. The number of hydrogen-bond donors (Lipinski definition) is 1. The van der Waals surface area contributed by atoms with Gasteiger partial charge in [-0.3, -0.25) is 4.90 Å². The zero-order chi connectivity index (χ0) is 16.2. The van der Waals surface area contributed by atoms with Crippen LogP contribution in [0.15, 0.2) is 51.6 Å². The number of nitrogens with zero attached hydrogens (tertiary/aromatic N) is 4. The fourth-order valence-electron chi connectivity index (χ4n) is 2.95. The SMILES string of the molecule is c1ccc(NC[C@@H]2CCN(Cc3nnc(-c4ccco4)o3)C2)nc1. The maximum atomic E-state index is 5.67. The molecule has 3 aromatic heterocycles. The summed E-state index contributed by atoms with van der Waals surface area (Å²) in [6, 6.07) is 9.51. The van der Waals surface area contributed by atoms with E-state index in [0.29, 0.717) is 30.0 Å². The minimum atomic E-state index is 0.433. The maximum absolute atomic E-state index is 5.67. The van der Waals surface area contributed by atoms with Gasteiger partial charge in [0.15, 0.2) is 5.76 Å². The van der Waals surface area contributed by atoms with E-state index in [0.717, 1.165) is 31.9 Å². The average Bonchev–Trinajstić information content (AvgIpc) is 3.36. The Labute approximate surface area is 139 Å². The molecule has 0 aliphatic carbocycles. The van der Waals surface area contributed by atoms with Gasteiger partial charge >= 0.3 is 0 Å². The van der Waals surface area contributed by atoms with E-state index in [4.69, 9.17) is 8.83 Å². The summed E-state index contributed by atoms with van der Waals surface area (Å²) in [5, 5.41) is 11.5. The van der Waals surface area contributed by atoms with Crippen molar-refractivity contribution in [3.63, 3.8) is 0 Å². The standard InChI is InChI=1S/C17H19N5O2/c1-2-7-18-15(5-1)19-10-13-6-8-22(11-13)12-16-20-21-17(24-16)14-4-3-9-23-14/h1-5,7,9,13H,6,8,10-12H2,(H,18,19)/t13-/m0/s1. The fourth-order valence-corrected chi connectivity index (χ4v) is 2.95. The van der Waals surface area contributed by atoms with E-state index in [1.165, 1.54) is 0 Å². The van der Waals surface area contributed by atoms with Gasteiger partial charge in [-0.15, -0.1) is 10.2 Å². The van der Waals surface area contributed by atoms with E-state index in [1.54, 1.807) is 18.5 Å². The quantitative estimate of drug-likeness (QED) is 0.746. The zero-order valence-corrected chi connectivity index (χ0v) is 13.3. The predicted molar refractivity (Wildman–Crippen MR) is 88.1 cm³/mol. The Kier molecular flexibility index (Phi) is 4.24. The Morgan fingerprint density at radius 2 is 2.21 bits per heavy atom. The molecule has 0 bridgehead atoms. The van der Waals surface area contributed by atoms with Gasteiger partial charge in [-0.2, -0.15) is 0 Å². The van der Waals surface area contributed by atoms with Crippen molar-refractivity contribution < 1.29 is 8.83 Å². The zero-order valence-electron chi connectivity index (χ0n) is 13.3. The Morgan fingerprint density at radius 1 is 1.21 bits per heavy atom. The first kappa shape index (κ1) is 14.9. The van der Waals surface area contributed by atoms with E-state index < -0.39 is 0 Å². The van der Waals surface area contributed by atoms with Crippen LogP contribution < -0.4 is 5.32 Å². The summed E-state index contributed by atoms with van der Waals surface area (Å²) < 4.78 is 10.9. The monoisotopic (exact) mass is 325 g/mol. The van der Waals surface area contributed by atoms with Gasteiger partial charge in [-0.1, -0.05) is 6.07 Å². The van der Waals surface area contributed by atoms with Gasteiger partial charge in [0.1, 0.15) is 5.82 Å². The van der Waals surface area contributed by atoms with E-state index in [1.807, 2.05) is 24.3 Å². The van der Waals surface area contributed by atoms with Crippen molar-refractivity contribution in [3.8, 4) is 11.7 Å². The molecule has 7 nitrogen and oxygen atoms in total. The van der Waals surface area contributed by atoms with Crippen molar-refractivity contribution >= 4 is 5.82 Å². The Bertz CT molecular complexity index is 756. The second-order valence-electron chi connectivity index (χ2n) is 5.96. The lowest BCUT2D eigenvalue weighted by atomic mass is 10.1. The van der Waals surface area contributed by atoms with Crippen molar-refractivity contribution in [1.29, 1.82) is 0 Å². The predicted octanol–water partition coefficient (Wildman–Crippen LogP) is 2.66. The normalized spacial score (nSPS) is 18.1. The molecule has 0 radical (unpaired) electrons. The van der Waals surface area contributed by atoms with Crippen molar-refractivity contribution in [3.05, 3.63) is 48.7 Å². The minimum Gasteiger partial charge on any atom is -0.459 e. The number of likely N-dealkylation sites (tertiary alicyclic amines) is 1. The molecule has 0 saturated carbocycles. The molecule has 0 spiro atoms. The molecule has 1 aliphatic heterocycles. The lowest BCUT2D eigenvalue weighted by Gasteiger charge is -2.14. The smallest absolute Gasteiger partial charge is 0.283 e. The van der Waals surface area contributed by atoms with Crippen molar-refractivity contribution in [2.45, 2.75) is 13.0 Å². The van der Waals surface area contributed by atoms with Crippen LogP contribution in [0.25, 0.3) is 11.7 Å². The third-order valence-corrected chi connectivity index (χ3v) is 4.16. The van der Waals surface area contributed by atoms with Crippen LogP contribution in [0.2, 0.25) is 0 Å². The molecule has 1 atom stereocenters. The first-order valence-electron chi connectivity index (χ1n) is 8.10. The molecule has 1 aliphatic rings. The van der Waals surface area contributed by atoms with Crippen LogP contribution >= 0.6 is 0 Å². The summed E-state index contributed by atoms with van der Waals surface area (Å²) in [7, 11) is 0. The number of nitrogens with one attached hydrogen (secondary N) is 1. The largest absolute Gasteiger partial charge is 0.459 e. The highest BCUT2D eigenvalue weighted by Crippen LogP contribution is 2.21. The number of pyridine rings is 1. The van der Waals surface area contributed by atoms with Crippen LogP contribution in [-0.2, 0) is 6.54 Å². The molecule has 7 heteroatoms. The lowest BCUT2D eigenvalue weighted by molar-refractivity contribution is 0.282. The van der Waals surface area contributed by atoms with E-state index in [-0.39, 0.29) is 0 Å². The van der Waals surface area contributed by atoms with E-state index >= 15 is 0 Å². The molecule has 0 unspecified atom stereocenters. The number of anilines is 1. The molecule has 0 aromatic carbocycles. The van der Waals surface area contributed by atoms with Crippen LogP contribution in [0.1, 0.15) is 12.3 Å². The summed E-state index contributed by atoms with van der Waals surface area (Å²) in [6.07, 6.45) is 4.55. The van der Waals surface area contributed by atoms with Gasteiger partial charge in [0.2, 0.25) is 5.89 Å². The van der Waals surface area contributed by atoms with Crippen molar-refractivity contribution in [2.75, 3.05) is 25.0 Å². The molecule has 4 heterocycles. The summed E-state index contributed by atoms with van der Waals surface area (Å²) in [5.74, 6) is 3.19. The molecule has 24 heavy (non-hydrogen) atoms. The molecule has 1 N–H and O–H groups in total. The molecular weight excluding hydrogens is 306 g/mol. The van der Waals surface area contributed by atoms with Gasteiger partial charge < -0.3 is 14.2 Å². The Morgan fingerprint density at radius 3 is 3.04 bits per heavy atom. The second kappa shape index (κ2) is 6.84. The molecule has 1 fully saturated rings. The highest BCUT2D eigenvalue weighted by atomic mass is 16.4. The number of aromatic nitrogens is 3. The molecule has 124 valence electrons. The van der Waals surface area contributed by atoms with E-state index in [9.17, 15) is 0 Å². The minimum absolute atomic E-state index is 0.433. The Balaban J connectivity index is 1.28. The van der Waals surface area contributed by atoms with Crippen molar-refractivity contribution in [1.82, 2.24) is 20.1 Å². The molecule has 1 saturated heterocycles. The third-order valence-electron chi connectivity index (χ3n) is 4.16. The van der Waals surface area contributed by atoms with Gasteiger partial charge in [0, 0.05) is 19.3 Å².